The van der Waals surface area contributed by atoms with Crippen LogP contribution in [-0.4, -0.2) is 24.4 Å². The summed E-state index contributed by atoms with van der Waals surface area (Å²) in [4.78, 5) is 35.6. The fourth-order valence-corrected chi connectivity index (χ4v) is 2.74. The molecule has 3 aromatic carbocycles. The first kappa shape index (κ1) is 21.6. The normalized spacial score (nSPS) is 10.1. The van der Waals surface area contributed by atoms with Crippen molar-refractivity contribution in [3.63, 3.8) is 0 Å². The number of amides is 2. The number of ether oxygens (including phenoxy) is 2. The molecule has 0 saturated heterocycles. The number of nitrogens with one attached hydrogen (secondary N) is 2. The van der Waals surface area contributed by atoms with Gasteiger partial charge >= 0.3 is 5.97 Å². The number of rotatable bonds is 8. The van der Waals surface area contributed by atoms with Crippen LogP contribution < -0.4 is 15.4 Å². The van der Waals surface area contributed by atoms with Crippen LogP contribution in [0, 0.1) is 0 Å². The second-order valence-corrected chi connectivity index (χ2v) is 6.65. The van der Waals surface area contributed by atoms with Gasteiger partial charge in [0.1, 0.15) is 17.9 Å². The number of benzene rings is 3. The first-order chi connectivity index (χ1) is 15.0. The van der Waals surface area contributed by atoms with Crippen molar-refractivity contribution in [3.05, 3.63) is 90.0 Å². The zero-order valence-electron chi connectivity index (χ0n) is 17.0. The third-order valence-electron chi connectivity index (χ3n) is 4.17. The second-order valence-electron chi connectivity index (χ2n) is 6.65. The average Bonchev–Trinajstić information content (AvgIpc) is 2.78. The molecule has 0 atom stereocenters. The summed E-state index contributed by atoms with van der Waals surface area (Å²) in [6, 6.07) is 22.9. The van der Waals surface area contributed by atoms with Gasteiger partial charge in [-0.05, 0) is 42.0 Å². The minimum Gasteiger partial charge on any atom is -0.488 e. The number of hydrogen-bond donors (Lipinski definition) is 2. The number of carbonyl (C=O) groups is 3. The largest absolute Gasteiger partial charge is 0.488 e. The lowest BCUT2D eigenvalue weighted by Gasteiger charge is -2.11. The van der Waals surface area contributed by atoms with Gasteiger partial charge in [0.05, 0.1) is 0 Å². The van der Waals surface area contributed by atoms with E-state index in [0.717, 1.165) is 5.56 Å². The van der Waals surface area contributed by atoms with Crippen LogP contribution in [-0.2, 0) is 20.9 Å². The molecule has 7 nitrogen and oxygen atoms in total. The SMILES string of the molecule is CC(=O)Nc1ccc(NC(=O)COC(=O)c2ccccc2OCc2ccccc2)cc1. The van der Waals surface area contributed by atoms with Crippen molar-refractivity contribution < 1.29 is 23.9 Å². The van der Waals surface area contributed by atoms with Gasteiger partial charge in [0, 0.05) is 18.3 Å². The second kappa shape index (κ2) is 10.6. The predicted octanol–water partition coefficient (Wildman–Crippen LogP) is 4.02. The van der Waals surface area contributed by atoms with Crippen LogP contribution >= 0.6 is 0 Å². The summed E-state index contributed by atoms with van der Waals surface area (Å²) in [5.74, 6) is -0.940. The maximum Gasteiger partial charge on any atom is 0.342 e. The maximum absolute atomic E-state index is 12.5. The van der Waals surface area contributed by atoms with Crippen LogP contribution in [0.1, 0.15) is 22.8 Å². The Morgan fingerprint density at radius 2 is 1.39 bits per heavy atom. The summed E-state index contributed by atoms with van der Waals surface area (Å²) >= 11 is 0. The van der Waals surface area contributed by atoms with Crippen molar-refractivity contribution in [1.29, 1.82) is 0 Å². The molecule has 0 unspecified atom stereocenters. The van der Waals surface area contributed by atoms with Gasteiger partial charge in [0.15, 0.2) is 6.61 Å². The molecule has 3 rings (SSSR count). The Labute approximate surface area is 180 Å². The highest BCUT2D eigenvalue weighted by Gasteiger charge is 2.15. The summed E-state index contributed by atoms with van der Waals surface area (Å²) in [6.45, 7) is 1.27. The summed E-state index contributed by atoms with van der Waals surface area (Å²) in [6.07, 6.45) is 0. The molecule has 0 aliphatic rings. The van der Waals surface area contributed by atoms with E-state index in [1.165, 1.54) is 6.92 Å². The van der Waals surface area contributed by atoms with Crippen LogP contribution in [0.5, 0.6) is 5.75 Å². The van der Waals surface area contributed by atoms with Crippen LogP contribution in [0.25, 0.3) is 0 Å². The Morgan fingerprint density at radius 3 is 2.06 bits per heavy atom. The van der Waals surface area contributed by atoms with Crippen molar-refractivity contribution in [2.45, 2.75) is 13.5 Å². The molecule has 0 aliphatic carbocycles. The van der Waals surface area contributed by atoms with Crippen LogP contribution in [0.2, 0.25) is 0 Å². The van der Waals surface area contributed by atoms with Crippen molar-refractivity contribution >= 4 is 29.2 Å². The minimum absolute atomic E-state index is 0.184. The van der Waals surface area contributed by atoms with Crippen LogP contribution in [0.15, 0.2) is 78.9 Å². The van der Waals surface area contributed by atoms with Gasteiger partial charge in [-0.25, -0.2) is 4.79 Å². The molecule has 2 N–H and O–H groups in total. The molecule has 3 aromatic rings. The van der Waals surface area contributed by atoms with Crippen LogP contribution in [0.4, 0.5) is 11.4 Å². The Kier molecular flexibility index (Phi) is 7.37. The Morgan fingerprint density at radius 1 is 0.774 bits per heavy atom. The monoisotopic (exact) mass is 418 g/mol. The smallest absolute Gasteiger partial charge is 0.342 e. The Bertz CT molecular complexity index is 1050. The molecule has 0 aromatic heterocycles. The molecule has 0 aliphatic heterocycles. The highest BCUT2D eigenvalue weighted by Crippen LogP contribution is 2.20. The molecular formula is C24H22N2O5. The van der Waals surface area contributed by atoms with Gasteiger partial charge in [-0.1, -0.05) is 42.5 Å². The minimum atomic E-state index is -0.653. The number of hydrogen-bond acceptors (Lipinski definition) is 5. The molecule has 0 fully saturated rings. The van der Waals surface area contributed by atoms with E-state index in [-0.39, 0.29) is 11.5 Å². The highest BCUT2D eigenvalue weighted by molar-refractivity contribution is 5.97. The fourth-order valence-electron chi connectivity index (χ4n) is 2.74. The van der Waals surface area contributed by atoms with Gasteiger partial charge in [-0.15, -0.1) is 0 Å². The topological polar surface area (TPSA) is 93.7 Å². The van der Waals surface area contributed by atoms with Crippen molar-refractivity contribution in [3.8, 4) is 5.75 Å². The van der Waals surface area contributed by atoms with E-state index in [4.69, 9.17) is 9.47 Å². The lowest BCUT2D eigenvalue weighted by molar-refractivity contribution is -0.119. The number of carbonyl (C=O) groups excluding carboxylic acids is 3. The number of para-hydroxylation sites is 1. The van der Waals surface area contributed by atoms with Gasteiger partial charge in [0.25, 0.3) is 5.91 Å². The Hall–Kier alpha value is -4.13. The molecule has 0 spiro atoms. The van der Waals surface area contributed by atoms with E-state index in [0.29, 0.717) is 23.7 Å². The summed E-state index contributed by atoms with van der Waals surface area (Å²) in [7, 11) is 0. The number of anilines is 2. The van der Waals surface area contributed by atoms with Gasteiger partial charge in [-0.3, -0.25) is 9.59 Å². The molecule has 0 bridgehead atoms. The highest BCUT2D eigenvalue weighted by atomic mass is 16.5. The molecule has 2 amide bonds. The van der Waals surface area contributed by atoms with Crippen molar-refractivity contribution in [2.75, 3.05) is 17.2 Å². The summed E-state index contributed by atoms with van der Waals surface area (Å²) in [5.41, 5.74) is 2.34. The molecule has 0 saturated carbocycles. The van der Waals surface area contributed by atoms with Gasteiger partial charge < -0.3 is 20.1 Å². The predicted molar refractivity (Wildman–Crippen MR) is 117 cm³/mol. The quantitative estimate of drug-likeness (QED) is 0.539. The standard InChI is InChI=1S/C24H22N2O5/c1-17(27)25-19-11-13-20(14-12-19)26-23(28)16-31-24(29)21-9-5-6-10-22(21)30-15-18-7-3-2-4-8-18/h2-14H,15-16H2,1H3,(H,25,27)(H,26,28). The molecule has 0 heterocycles. The first-order valence-electron chi connectivity index (χ1n) is 9.61. The molecule has 31 heavy (non-hydrogen) atoms. The molecule has 158 valence electrons. The van der Waals surface area contributed by atoms with Gasteiger partial charge in [-0.2, -0.15) is 0 Å². The fraction of sp³-hybridized carbons (Fsp3) is 0.125. The summed E-state index contributed by atoms with van der Waals surface area (Å²) < 4.78 is 10.9. The molecular weight excluding hydrogens is 396 g/mol. The van der Waals surface area contributed by atoms with E-state index < -0.39 is 18.5 Å². The third-order valence-corrected chi connectivity index (χ3v) is 4.17. The van der Waals surface area contributed by atoms with Crippen molar-refractivity contribution in [2.24, 2.45) is 0 Å². The van der Waals surface area contributed by atoms with E-state index in [2.05, 4.69) is 10.6 Å². The zero-order chi connectivity index (χ0) is 22.1. The van der Waals surface area contributed by atoms with E-state index in [9.17, 15) is 14.4 Å². The Balaban J connectivity index is 1.53. The van der Waals surface area contributed by atoms with E-state index in [1.807, 2.05) is 30.3 Å². The van der Waals surface area contributed by atoms with Crippen molar-refractivity contribution in [1.82, 2.24) is 0 Å². The van der Waals surface area contributed by atoms with Gasteiger partial charge in [0.2, 0.25) is 5.91 Å². The summed E-state index contributed by atoms with van der Waals surface area (Å²) in [5, 5.41) is 5.27. The zero-order valence-corrected chi connectivity index (χ0v) is 17.0. The first-order valence-corrected chi connectivity index (χ1v) is 9.61. The lowest BCUT2D eigenvalue weighted by Crippen LogP contribution is -2.21. The average molecular weight is 418 g/mol. The lowest BCUT2D eigenvalue weighted by atomic mass is 10.2. The van der Waals surface area contributed by atoms with E-state index in [1.54, 1.807) is 48.5 Å². The van der Waals surface area contributed by atoms with Crippen LogP contribution in [0.3, 0.4) is 0 Å². The number of esters is 1. The molecule has 7 heteroatoms. The maximum atomic E-state index is 12.5. The molecule has 0 radical (unpaired) electrons. The van der Waals surface area contributed by atoms with E-state index >= 15 is 0 Å². The third kappa shape index (κ3) is 6.71.